The Bertz CT molecular complexity index is 1560. The third-order valence-corrected chi connectivity index (χ3v) is 8.52. The van der Waals surface area contributed by atoms with Crippen molar-refractivity contribution in [2.75, 3.05) is 77.9 Å². The van der Waals surface area contributed by atoms with E-state index in [0.717, 1.165) is 62.6 Å². The summed E-state index contributed by atoms with van der Waals surface area (Å²) < 4.78 is 23.3. The second-order valence-electron chi connectivity index (χ2n) is 10.2. The van der Waals surface area contributed by atoms with Gasteiger partial charge in [-0.1, -0.05) is 23.5 Å². The number of carbonyl (C=O) groups excluding carboxylic acids is 1. The number of halogens is 1. The molecule has 6 rings (SSSR count). The molecular weight excluding hydrogens is 533 g/mol. The number of nitrogens with zero attached hydrogens (tertiary/aromatic N) is 6. The summed E-state index contributed by atoms with van der Waals surface area (Å²) in [6.07, 6.45) is 2.33. The van der Waals surface area contributed by atoms with Crippen LogP contribution >= 0.6 is 11.3 Å². The van der Waals surface area contributed by atoms with Crippen LogP contribution in [0.25, 0.3) is 26.4 Å². The Morgan fingerprint density at radius 2 is 1.88 bits per heavy atom. The van der Waals surface area contributed by atoms with E-state index >= 15 is 4.39 Å². The van der Waals surface area contributed by atoms with Gasteiger partial charge in [0.25, 0.3) is 5.91 Å². The zero-order valence-corrected chi connectivity index (χ0v) is 23.3. The van der Waals surface area contributed by atoms with Crippen LogP contribution in [0.3, 0.4) is 0 Å². The van der Waals surface area contributed by atoms with Gasteiger partial charge in [-0.3, -0.25) is 19.1 Å². The number of benzene rings is 1. The van der Waals surface area contributed by atoms with Gasteiger partial charge in [0, 0.05) is 52.0 Å². The van der Waals surface area contributed by atoms with Crippen LogP contribution in [0.4, 0.5) is 10.2 Å². The average Bonchev–Trinajstić information content (AvgIpc) is 3.41. The van der Waals surface area contributed by atoms with E-state index in [1.54, 1.807) is 9.47 Å². The molecule has 1 N–H and O–H groups in total. The first-order chi connectivity index (χ1) is 19.5. The molecule has 210 valence electrons. The number of ether oxygens (including phenoxy) is 1. The molecule has 3 aromatic heterocycles. The van der Waals surface area contributed by atoms with E-state index in [-0.39, 0.29) is 28.3 Å². The van der Waals surface area contributed by atoms with Crippen LogP contribution in [0.5, 0.6) is 0 Å². The second-order valence-corrected chi connectivity index (χ2v) is 11.2. The zero-order valence-electron chi connectivity index (χ0n) is 22.4. The summed E-state index contributed by atoms with van der Waals surface area (Å²) in [4.78, 5) is 42.6. The lowest BCUT2D eigenvalue weighted by Gasteiger charge is -2.32. The molecule has 2 aliphatic rings. The van der Waals surface area contributed by atoms with Gasteiger partial charge in [-0.05, 0) is 38.2 Å². The van der Waals surface area contributed by atoms with Crippen molar-refractivity contribution in [2.24, 2.45) is 0 Å². The molecule has 0 saturated carbocycles. The van der Waals surface area contributed by atoms with E-state index in [1.165, 1.54) is 23.6 Å². The molecule has 0 aliphatic carbocycles. The van der Waals surface area contributed by atoms with E-state index in [0.29, 0.717) is 24.8 Å². The van der Waals surface area contributed by atoms with Crippen molar-refractivity contribution in [3.05, 3.63) is 58.1 Å². The number of amides is 1. The Morgan fingerprint density at radius 3 is 2.65 bits per heavy atom. The highest BCUT2D eigenvalue weighted by molar-refractivity contribution is 7.20. The van der Waals surface area contributed by atoms with Crippen molar-refractivity contribution in [1.29, 1.82) is 0 Å². The summed E-state index contributed by atoms with van der Waals surface area (Å²) in [5.74, 6) is -0.918. The van der Waals surface area contributed by atoms with E-state index in [9.17, 15) is 9.59 Å². The fraction of sp³-hybridized carbons (Fsp3) is 0.429. The molecule has 12 heteroatoms. The SMILES string of the molecule is CN1CCN(C(=O)c2cn(-c3nc4ccccc4s3)c3nc(NCCCN4CCOCC4)c(F)cc3c2=O)CC1. The predicted molar refractivity (Wildman–Crippen MR) is 154 cm³/mol. The lowest BCUT2D eigenvalue weighted by Crippen LogP contribution is -2.48. The number of hydrogen-bond acceptors (Lipinski definition) is 9. The standard InChI is InChI=1S/C28H32FN7O3S/c1-33-9-11-35(12-10-33)27(38)20-18-36(28-31-22-5-2-3-6-23(22)40-28)26-19(24(20)37)17-21(29)25(32-26)30-7-4-8-34-13-15-39-16-14-34/h2-3,5-6,17-18H,4,7-16H2,1H3,(H,30,32). The largest absolute Gasteiger partial charge is 0.379 e. The number of rotatable bonds is 7. The van der Waals surface area contributed by atoms with Gasteiger partial charge in [0.15, 0.2) is 22.4 Å². The molecule has 0 unspecified atom stereocenters. The summed E-state index contributed by atoms with van der Waals surface area (Å²) in [6.45, 7) is 7.15. The van der Waals surface area contributed by atoms with Crippen LogP contribution in [0.1, 0.15) is 16.8 Å². The minimum atomic E-state index is -0.629. The van der Waals surface area contributed by atoms with Crippen molar-refractivity contribution >= 4 is 44.3 Å². The highest BCUT2D eigenvalue weighted by atomic mass is 32.1. The van der Waals surface area contributed by atoms with E-state index in [4.69, 9.17) is 9.72 Å². The molecule has 5 heterocycles. The molecule has 0 radical (unpaired) electrons. The molecule has 2 aliphatic heterocycles. The lowest BCUT2D eigenvalue weighted by atomic mass is 10.1. The number of carbonyl (C=O) groups is 1. The maximum Gasteiger partial charge on any atom is 0.259 e. The smallest absolute Gasteiger partial charge is 0.259 e. The van der Waals surface area contributed by atoms with Gasteiger partial charge in [-0.15, -0.1) is 0 Å². The Hall–Kier alpha value is -3.45. The van der Waals surface area contributed by atoms with Crippen LogP contribution in [0, 0.1) is 5.82 Å². The summed E-state index contributed by atoms with van der Waals surface area (Å²) in [5.41, 5.74) is 0.520. The normalized spacial score (nSPS) is 17.1. The van der Waals surface area contributed by atoms with E-state index < -0.39 is 11.2 Å². The van der Waals surface area contributed by atoms with E-state index in [2.05, 4.69) is 20.1 Å². The number of para-hydroxylation sites is 1. The van der Waals surface area contributed by atoms with Gasteiger partial charge >= 0.3 is 0 Å². The fourth-order valence-electron chi connectivity index (χ4n) is 5.12. The molecule has 0 spiro atoms. The summed E-state index contributed by atoms with van der Waals surface area (Å²) in [6, 6.07) is 8.91. The Kier molecular flexibility index (Phi) is 7.74. The van der Waals surface area contributed by atoms with Crippen molar-refractivity contribution < 1.29 is 13.9 Å². The number of morpholine rings is 1. The average molecular weight is 566 g/mol. The predicted octanol–water partition coefficient (Wildman–Crippen LogP) is 2.66. The number of thiazole rings is 1. The van der Waals surface area contributed by atoms with Gasteiger partial charge in [-0.2, -0.15) is 0 Å². The van der Waals surface area contributed by atoms with Gasteiger partial charge in [-0.25, -0.2) is 14.4 Å². The first kappa shape index (κ1) is 26.8. The van der Waals surface area contributed by atoms with Crippen molar-refractivity contribution in [3.63, 3.8) is 0 Å². The number of nitrogens with one attached hydrogen (secondary N) is 1. The van der Waals surface area contributed by atoms with Gasteiger partial charge in [0.2, 0.25) is 5.43 Å². The Labute approximate surface area is 235 Å². The Morgan fingerprint density at radius 1 is 1.10 bits per heavy atom. The maximum atomic E-state index is 15.3. The van der Waals surface area contributed by atoms with E-state index in [1.807, 2.05) is 31.3 Å². The molecule has 10 nitrogen and oxygen atoms in total. The number of fused-ring (bicyclic) bond motifs is 2. The summed E-state index contributed by atoms with van der Waals surface area (Å²) >= 11 is 1.42. The topological polar surface area (TPSA) is 95.8 Å². The minimum absolute atomic E-state index is 0.0104. The van der Waals surface area contributed by atoms with Crippen LogP contribution in [-0.2, 0) is 4.74 Å². The third-order valence-electron chi connectivity index (χ3n) is 7.49. The molecule has 0 bridgehead atoms. The number of likely N-dealkylation sites (N-methyl/N-ethyl adjacent to an activating group) is 1. The number of anilines is 1. The molecule has 0 atom stereocenters. The third kappa shape index (κ3) is 5.44. The van der Waals surface area contributed by atoms with Crippen molar-refractivity contribution in [2.45, 2.75) is 6.42 Å². The first-order valence-corrected chi connectivity index (χ1v) is 14.4. The van der Waals surface area contributed by atoms with Gasteiger partial charge < -0.3 is 19.9 Å². The quantitative estimate of drug-likeness (QED) is 0.342. The van der Waals surface area contributed by atoms with Crippen LogP contribution < -0.4 is 10.7 Å². The molecule has 2 fully saturated rings. The maximum absolute atomic E-state index is 15.3. The molecule has 40 heavy (non-hydrogen) atoms. The molecule has 1 aromatic carbocycles. The lowest BCUT2D eigenvalue weighted by molar-refractivity contribution is 0.0378. The van der Waals surface area contributed by atoms with Crippen LogP contribution in [0.2, 0.25) is 0 Å². The minimum Gasteiger partial charge on any atom is -0.379 e. The van der Waals surface area contributed by atoms with Crippen molar-refractivity contribution in [3.8, 4) is 5.13 Å². The van der Waals surface area contributed by atoms with Gasteiger partial charge in [0.05, 0.1) is 28.8 Å². The summed E-state index contributed by atoms with van der Waals surface area (Å²) in [7, 11) is 2.00. The number of hydrogen-bond donors (Lipinski definition) is 1. The van der Waals surface area contributed by atoms with Gasteiger partial charge in [0.1, 0.15) is 5.56 Å². The molecule has 4 aromatic rings. The molecule has 2 saturated heterocycles. The molecule has 1 amide bonds. The number of pyridine rings is 2. The second kappa shape index (κ2) is 11.6. The highest BCUT2D eigenvalue weighted by Crippen LogP contribution is 2.28. The first-order valence-electron chi connectivity index (χ1n) is 13.6. The highest BCUT2D eigenvalue weighted by Gasteiger charge is 2.26. The monoisotopic (exact) mass is 565 g/mol. The number of aromatic nitrogens is 3. The number of piperazine rings is 1. The van der Waals surface area contributed by atoms with Crippen molar-refractivity contribution in [1.82, 2.24) is 29.2 Å². The molecular formula is C28H32FN7O3S. The Balaban J connectivity index is 1.37. The van der Waals surface area contributed by atoms with Crippen LogP contribution in [0.15, 0.2) is 41.3 Å². The van der Waals surface area contributed by atoms with Crippen LogP contribution in [-0.4, -0.2) is 108 Å². The zero-order chi connectivity index (χ0) is 27.6. The fourth-order valence-corrected chi connectivity index (χ4v) is 6.07. The summed E-state index contributed by atoms with van der Waals surface area (Å²) in [5, 5.41) is 3.71.